The average molecular weight is 437 g/mol. The van der Waals surface area contributed by atoms with Gasteiger partial charge in [0.2, 0.25) is 0 Å². The van der Waals surface area contributed by atoms with Crippen LogP contribution in [0.4, 0.5) is 11.5 Å². The van der Waals surface area contributed by atoms with E-state index in [-0.39, 0.29) is 5.91 Å². The largest absolute Gasteiger partial charge is 0.355 e. The molecule has 4 heterocycles. The molecule has 7 nitrogen and oxygen atoms in total. The maximum absolute atomic E-state index is 12.6. The molecule has 0 unspecified atom stereocenters. The van der Waals surface area contributed by atoms with Gasteiger partial charge in [0.25, 0.3) is 5.91 Å². The van der Waals surface area contributed by atoms with Crippen LogP contribution in [-0.2, 0) is 0 Å². The van der Waals surface area contributed by atoms with Gasteiger partial charge in [-0.15, -0.1) is 0 Å². The number of pyridine rings is 2. The quantitative estimate of drug-likeness (QED) is 0.748. The third-order valence-corrected chi connectivity index (χ3v) is 6.99. The fourth-order valence-electron chi connectivity index (χ4n) is 4.84. The summed E-state index contributed by atoms with van der Waals surface area (Å²) in [5.74, 6) is 0.698. The van der Waals surface area contributed by atoms with E-state index in [2.05, 4.69) is 43.8 Å². The smallest absolute Gasteiger partial charge is 0.274 e. The van der Waals surface area contributed by atoms with Crippen LogP contribution in [0, 0.1) is 0 Å². The molecule has 1 N–H and O–H groups in total. The second-order valence-electron chi connectivity index (χ2n) is 8.97. The maximum Gasteiger partial charge on any atom is 0.274 e. The summed E-state index contributed by atoms with van der Waals surface area (Å²) >= 11 is 0. The van der Waals surface area contributed by atoms with Gasteiger partial charge in [0, 0.05) is 56.3 Å². The Kier molecular flexibility index (Phi) is 7.71. The van der Waals surface area contributed by atoms with Crippen LogP contribution in [0.5, 0.6) is 0 Å². The topological polar surface area (TPSA) is 64.6 Å². The standard InChI is InChI=1S/C25H36N6O/c1-3-20(2)29-16-10-22(11-17-29)30-14-5-15-31(19-18-30)24-7-4-6-23(28-24)25(32)27-21-8-12-26-13-9-21/h4,6-9,12-13,20,22H,3,5,10-11,14-19H2,1-2H3,(H,26,27,32)/t20-/m0/s1. The second kappa shape index (κ2) is 10.9. The number of rotatable bonds is 6. The minimum Gasteiger partial charge on any atom is -0.355 e. The van der Waals surface area contributed by atoms with Crippen molar-refractivity contribution < 1.29 is 4.79 Å². The molecule has 0 spiro atoms. The van der Waals surface area contributed by atoms with E-state index < -0.39 is 0 Å². The van der Waals surface area contributed by atoms with Crippen LogP contribution in [-0.4, -0.2) is 77.0 Å². The first-order valence-corrected chi connectivity index (χ1v) is 12.1. The first kappa shape index (κ1) is 22.7. The second-order valence-corrected chi connectivity index (χ2v) is 8.97. The number of nitrogens with zero attached hydrogens (tertiary/aromatic N) is 5. The number of anilines is 2. The number of nitrogens with one attached hydrogen (secondary N) is 1. The van der Waals surface area contributed by atoms with E-state index in [4.69, 9.17) is 0 Å². The van der Waals surface area contributed by atoms with Crippen molar-refractivity contribution in [1.82, 2.24) is 19.8 Å². The Balaban J connectivity index is 1.33. The molecule has 0 aromatic carbocycles. The highest BCUT2D eigenvalue weighted by atomic mass is 16.1. The summed E-state index contributed by atoms with van der Waals surface area (Å²) in [6.07, 6.45) is 8.23. The van der Waals surface area contributed by atoms with E-state index in [1.807, 2.05) is 12.1 Å². The van der Waals surface area contributed by atoms with Crippen molar-refractivity contribution in [3.8, 4) is 0 Å². The zero-order chi connectivity index (χ0) is 22.3. The Morgan fingerprint density at radius 1 is 1.06 bits per heavy atom. The predicted molar refractivity (Wildman–Crippen MR) is 129 cm³/mol. The van der Waals surface area contributed by atoms with E-state index in [1.54, 1.807) is 30.6 Å². The fourth-order valence-corrected chi connectivity index (χ4v) is 4.84. The lowest BCUT2D eigenvalue weighted by molar-refractivity contribution is 0.0906. The number of hydrogen-bond donors (Lipinski definition) is 1. The number of piperidine rings is 1. The molecule has 0 bridgehead atoms. The van der Waals surface area contributed by atoms with Crippen LogP contribution in [0.25, 0.3) is 0 Å². The molecule has 2 aromatic rings. The van der Waals surface area contributed by atoms with Crippen molar-refractivity contribution in [2.45, 2.75) is 51.6 Å². The van der Waals surface area contributed by atoms with Crippen molar-refractivity contribution >= 4 is 17.4 Å². The Morgan fingerprint density at radius 3 is 2.59 bits per heavy atom. The summed E-state index contributed by atoms with van der Waals surface area (Å²) in [7, 11) is 0. The highest BCUT2D eigenvalue weighted by Gasteiger charge is 2.28. The number of aromatic nitrogens is 2. The van der Waals surface area contributed by atoms with Crippen LogP contribution >= 0.6 is 0 Å². The van der Waals surface area contributed by atoms with Crippen molar-refractivity contribution in [2.24, 2.45) is 0 Å². The highest BCUT2D eigenvalue weighted by molar-refractivity contribution is 6.03. The Hall–Kier alpha value is -2.51. The van der Waals surface area contributed by atoms with Crippen molar-refractivity contribution in [3.63, 3.8) is 0 Å². The van der Waals surface area contributed by atoms with Gasteiger partial charge in [-0.25, -0.2) is 4.98 Å². The van der Waals surface area contributed by atoms with Gasteiger partial charge in [-0.2, -0.15) is 0 Å². The lowest BCUT2D eigenvalue weighted by Crippen LogP contribution is -2.48. The minimum absolute atomic E-state index is 0.192. The predicted octanol–water partition coefficient (Wildman–Crippen LogP) is 3.50. The molecule has 2 fully saturated rings. The minimum atomic E-state index is -0.192. The van der Waals surface area contributed by atoms with Crippen molar-refractivity contribution in [1.29, 1.82) is 0 Å². The highest BCUT2D eigenvalue weighted by Crippen LogP contribution is 2.22. The Bertz CT molecular complexity index is 868. The molecule has 2 aliphatic rings. The summed E-state index contributed by atoms with van der Waals surface area (Å²) in [4.78, 5) is 29.0. The van der Waals surface area contributed by atoms with Crippen LogP contribution in [0.3, 0.4) is 0 Å². The van der Waals surface area contributed by atoms with Crippen molar-refractivity contribution in [3.05, 3.63) is 48.4 Å². The lowest BCUT2D eigenvalue weighted by atomic mass is 10.0. The molecule has 32 heavy (non-hydrogen) atoms. The summed E-state index contributed by atoms with van der Waals surface area (Å²) in [6.45, 7) is 11.2. The molecule has 0 saturated carbocycles. The van der Waals surface area contributed by atoms with E-state index in [9.17, 15) is 4.79 Å². The number of carbonyl (C=O) groups is 1. The van der Waals surface area contributed by atoms with E-state index in [0.29, 0.717) is 17.8 Å². The maximum atomic E-state index is 12.6. The average Bonchev–Trinajstić information content (AvgIpc) is 3.11. The number of amides is 1. The molecule has 2 aromatic heterocycles. The van der Waals surface area contributed by atoms with Gasteiger partial charge >= 0.3 is 0 Å². The molecular weight excluding hydrogens is 400 g/mol. The van der Waals surface area contributed by atoms with Crippen LogP contribution in [0.1, 0.15) is 50.0 Å². The molecule has 1 amide bonds. The van der Waals surface area contributed by atoms with Gasteiger partial charge in [0.05, 0.1) is 0 Å². The van der Waals surface area contributed by atoms with Gasteiger partial charge < -0.3 is 15.1 Å². The van der Waals surface area contributed by atoms with Crippen molar-refractivity contribution in [2.75, 3.05) is 49.5 Å². The van der Waals surface area contributed by atoms with Gasteiger partial charge in [0.1, 0.15) is 11.5 Å². The van der Waals surface area contributed by atoms with E-state index in [0.717, 1.165) is 44.1 Å². The molecule has 2 aliphatic heterocycles. The van der Waals surface area contributed by atoms with Gasteiger partial charge in [0.15, 0.2) is 0 Å². The first-order valence-electron chi connectivity index (χ1n) is 12.1. The SMILES string of the molecule is CC[C@H](C)N1CCC(N2CCCN(c3cccc(C(=O)Nc4ccncc4)n3)CC2)CC1. The number of carbonyl (C=O) groups excluding carboxylic acids is 1. The van der Waals surface area contributed by atoms with Crippen LogP contribution in [0.2, 0.25) is 0 Å². The third kappa shape index (κ3) is 5.64. The summed E-state index contributed by atoms with van der Waals surface area (Å²) in [6, 6.07) is 10.7. The number of likely N-dealkylation sites (tertiary alicyclic amines) is 1. The fraction of sp³-hybridized carbons (Fsp3) is 0.560. The Labute approximate surface area is 191 Å². The zero-order valence-corrected chi connectivity index (χ0v) is 19.4. The van der Waals surface area contributed by atoms with Crippen LogP contribution in [0.15, 0.2) is 42.7 Å². The zero-order valence-electron chi connectivity index (χ0n) is 19.4. The molecule has 0 radical (unpaired) electrons. The summed E-state index contributed by atoms with van der Waals surface area (Å²) in [5, 5.41) is 2.89. The summed E-state index contributed by atoms with van der Waals surface area (Å²) < 4.78 is 0. The lowest BCUT2D eigenvalue weighted by Gasteiger charge is -2.40. The Morgan fingerprint density at radius 2 is 1.84 bits per heavy atom. The summed E-state index contributed by atoms with van der Waals surface area (Å²) in [5.41, 5.74) is 1.17. The molecule has 0 aliphatic carbocycles. The normalized spacial score (nSPS) is 20.0. The number of hydrogen-bond acceptors (Lipinski definition) is 6. The first-order chi connectivity index (χ1) is 15.6. The molecule has 172 valence electrons. The molecular formula is C25H36N6O. The van der Waals surface area contributed by atoms with Gasteiger partial charge in [-0.1, -0.05) is 13.0 Å². The molecule has 1 atom stereocenters. The van der Waals surface area contributed by atoms with E-state index >= 15 is 0 Å². The van der Waals surface area contributed by atoms with Crippen LogP contribution < -0.4 is 10.2 Å². The third-order valence-electron chi connectivity index (χ3n) is 6.99. The molecule has 4 rings (SSSR count). The molecule has 2 saturated heterocycles. The monoisotopic (exact) mass is 436 g/mol. The van der Waals surface area contributed by atoms with Gasteiger partial charge in [-0.05, 0) is 70.0 Å². The van der Waals surface area contributed by atoms with Gasteiger partial charge in [-0.3, -0.25) is 14.7 Å². The molecule has 7 heteroatoms. The van der Waals surface area contributed by atoms with E-state index in [1.165, 1.54) is 32.4 Å².